The summed E-state index contributed by atoms with van der Waals surface area (Å²) in [5.41, 5.74) is 0. The average Bonchev–Trinajstić information content (AvgIpc) is 2.37. The molecule has 4 nitrogen and oxygen atoms in total. The van der Waals surface area contributed by atoms with Crippen molar-refractivity contribution in [2.24, 2.45) is 0 Å². The summed E-state index contributed by atoms with van der Waals surface area (Å²) in [6, 6.07) is 0.742. The zero-order valence-corrected chi connectivity index (χ0v) is 12.3. The summed E-state index contributed by atoms with van der Waals surface area (Å²) in [5.74, 6) is 0.114. The lowest BCUT2D eigenvalue weighted by molar-refractivity contribution is -0.123. The highest BCUT2D eigenvalue weighted by molar-refractivity contribution is 5.81. The summed E-state index contributed by atoms with van der Waals surface area (Å²) >= 11 is 0. The van der Waals surface area contributed by atoms with Gasteiger partial charge in [0.25, 0.3) is 0 Å². The van der Waals surface area contributed by atoms with Gasteiger partial charge in [-0.05, 0) is 46.7 Å². The number of nitrogens with one attached hydrogen (secondary N) is 2. The molecule has 3 atom stereocenters. The van der Waals surface area contributed by atoms with Gasteiger partial charge in [0.05, 0.1) is 6.04 Å². The molecule has 1 rings (SSSR count). The van der Waals surface area contributed by atoms with Crippen molar-refractivity contribution in [1.29, 1.82) is 0 Å². The Labute approximate surface area is 111 Å². The summed E-state index contributed by atoms with van der Waals surface area (Å²) in [6.45, 7) is 8.16. The Hall–Kier alpha value is -0.610. The molecule has 0 bridgehead atoms. The van der Waals surface area contributed by atoms with E-state index in [1.165, 1.54) is 25.8 Å². The van der Waals surface area contributed by atoms with Crippen molar-refractivity contribution in [1.82, 2.24) is 15.5 Å². The van der Waals surface area contributed by atoms with Crippen LogP contribution in [0.3, 0.4) is 0 Å². The highest BCUT2D eigenvalue weighted by Gasteiger charge is 2.21. The van der Waals surface area contributed by atoms with E-state index in [0.717, 1.165) is 13.0 Å². The fraction of sp³-hybridized carbons (Fsp3) is 0.929. The monoisotopic (exact) mass is 255 g/mol. The highest BCUT2D eigenvalue weighted by atomic mass is 16.2. The van der Waals surface area contributed by atoms with Crippen LogP contribution in [0.1, 0.15) is 46.5 Å². The van der Waals surface area contributed by atoms with Gasteiger partial charge in [0.2, 0.25) is 5.91 Å². The molecule has 0 aromatic rings. The van der Waals surface area contributed by atoms with Crippen molar-refractivity contribution in [2.75, 3.05) is 20.1 Å². The van der Waals surface area contributed by atoms with Gasteiger partial charge < -0.3 is 15.5 Å². The van der Waals surface area contributed by atoms with Crippen LogP contribution in [0.25, 0.3) is 0 Å². The summed E-state index contributed by atoms with van der Waals surface area (Å²) in [4.78, 5) is 14.3. The van der Waals surface area contributed by atoms with Crippen molar-refractivity contribution in [2.45, 2.75) is 64.6 Å². The largest absolute Gasteiger partial charge is 0.352 e. The maximum absolute atomic E-state index is 11.9. The first kappa shape index (κ1) is 15.4. The van der Waals surface area contributed by atoms with Crippen molar-refractivity contribution < 1.29 is 4.79 Å². The van der Waals surface area contributed by atoms with Gasteiger partial charge in [-0.15, -0.1) is 0 Å². The van der Waals surface area contributed by atoms with Crippen molar-refractivity contribution in [3.05, 3.63) is 0 Å². The van der Waals surface area contributed by atoms with Gasteiger partial charge in [0, 0.05) is 18.6 Å². The van der Waals surface area contributed by atoms with E-state index in [1.807, 2.05) is 13.8 Å². The van der Waals surface area contributed by atoms with Crippen molar-refractivity contribution in [3.8, 4) is 0 Å². The molecule has 0 radical (unpaired) electrons. The standard InChI is InChI=1S/C14H29N3O/c1-5-11(2)16-14(18)12(3)15-10-13-8-6-7-9-17(13)4/h11-13,15H,5-10H2,1-4H3,(H,16,18). The number of amides is 1. The smallest absolute Gasteiger partial charge is 0.237 e. The molecule has 0 aromatic heterocycles. The van der Waals surface area contributed by atoms with Crippen molar-refractivity contribution >= 4 is 5.91 Å². The maximum Gasteiger partial charge on any atom is 0.237 e. The van der Waals surface area contributed by atoms with Gasteiger partial charge in [0.1, 0.15) is 0 Å². The first-order valence-electron chi connectivity index (χ1n) is 7.28. The van der Waals surface area contributed by atoms with Crippen LogP contribution in [0.5, 0.6) is 0 Å². The fourth-order valence-electron chi connectivity index (χ4n) is 2.28. The van der Waals surface area contributed by atoms with Crippen LogP contribution < -0.4 is 10.6 Å². The van der Waals surface area contributed by atoms with Crippen LogP contribution in [0.4, 0.5) is 0 Å². The number of likely N-dealkylation sites (N-methyl/N-ethyl adjacent to an activating group) is 1. The number of rotatable bonds is 6. The van der Waals surface area contributed by atoms with E-state index in [-0.39, 0.29) is 18.0 Å². The third-order valence-electron chi connectivity index (χ3n) is 3.98. The molecule has 1 aliphatic heterocycles. The molecule has 0 aliphatic carbocycles. The normalized spacial score (nSPS) is 24.6. The molecule has 18 heavy (non-hydrogen) atoms. The lowest BCUT2D eigenvalue weighted by Crippen LogP contribution is -2.50. The molecule has 1 aliphatic rings. The summed E-state index contributed by atoms with van der Waals surface area (Å²) < 4.78 is 0. The first-order valence-corrected chi connectivity index (χ1v) is 7.28. The molecule has 1 fully saturated rings. The Kier molecular flexibility index (Phi) is 6.65. The van der Waals surface area contributed by atoms with E-state index in [1.54, 1.807) is 0 Å². The number of carbonyl (C=O) groups is 1. The van der Waals surface area contributed by atoms with E-state index in [4.69, 9.17) is 0 Å². The second kappa shape index (κ2) is 7.74. The molecule has 1 heterocycles. The van der Waals surface area contributed by atoms with Gasteiger partial charge in [-0.2, -0.15) is 0 Å². The second-order valence-corrected chi connectivity index (χ2v) is 5.58. The lowest BCUT2D eigenvalue weighted by Gasteiger charge is -2.33. The van der Waals surface area contributed by atoms with Crippen LogP contribution in [0.15, 0.2) is 0 Å². The van der Waals surface area contributed by atoms with Crippen LogP contribution in [0.2, 0.25) is 0 Å². The molecule has 1 saturated heterocycles. The molecule has 106 valence electrons. The Bertz CT molecular complexity index is 257. The molecule has 3 unspecified atom stereocenters. The molecule has 2 N–H and O–H groups in total. The van der Waals surface area contributed by atoms with Gasteiger partial charge in [-0.1, -0.05) is 13.3 Å². The van der Waals surface area contributed by atoms with Gasteiger partial charge >= 0.3 is 0 Å². The van der Waals surface area contributed by atoms with Crippen LogP contribution in [0, 0.1) is 0 Å². The fourth-order valence-corrected chi connectivity index (χ4v) is 2.28. The summed E-state index contributed by atoms with van der Waals surface area (Å²) in [5, 5.41) is 6.37. The zero-order chi connectivity index (χ0) is 13.5. The van der Waals surface area contributed by atoms with Crippen molar-refractivity contribution in [3.63, 3.8) is 0 Å². The quantitative estimate of drug-likeness (QED) is 0.753. The van der Waals surface area contributed by atoms with E-state index in [0.29, 0.717) is 6.04 Å². The molecule has 1 amide bonds. The van der Waals surface area contributed by atoms with E-state index in [9.17, 15) is 4.79 Å². The molecule has 0 aromatic carbocycles. The van der Waals surface area contributed by atoms with E-state index < -0.39 is 0 Å². The number of hydrogen-bond acceptors (Lipinski definition) is 3. The number of hydrogen-bond donors (Lipinski definition) is 2. The van der Waals surface area contributed by atoms with E-state index in [2.05, 4.69) is 29.5 Å². The molecular formula is C14H29N3O. The summed E-state index contributed by atoms with van der Waals surface area (Å²) in [6.07, 6.45) is 4.83. The second-order valence-electron chi connectivity index (χ2n) is 5.58. The third-order valence-corrected chi connectivity index (χ3v) is 3.98. The lowest BCUT2D eigenvalue weighted by atomic mass is 10.0. The number of piperidine rings is 1. The summed E-state index contributed by atoms with van der Waals surface area (Å²) in [7, 11) is 2.18. The SMILES string of the molecule is CCC(C)NC(=O)C(C)NCC1CCCCN1C. The van der Waals surface area contributed by atoms with Gasteiger partial charge in [-0.3, -0.25) is 4.79 Å². The maximum atomic E-state index is 11.9. The Balaban J connectivity index is 2.26. The Morgan fingerprint density at radius 3 is 2.72 bits per heavy atom. The predicted octanol–water partition coefficient (Wildman–Crippen LogP) is 1.36. The minimum absolute atomic E-state index is 0.102. The van der Waals surface area contributed by atoms with E-state index >= 15 is 0 Å². The highest BCUT2D eigenvalue weighted by Crippen LogP contribution is 2.14. The van der Waals surface area contributed by atoms with Gasteiger partial charge in [-0.25, -0.2) is 0 Å². The first-order chi connectivity index (χ1) is 8.54. The molecule has 4 heteroatoms. The predicted molar refractivity (Wildman–Crippen MR) is 75.6 cm³/mol. The topological polar surface area (TPSA) is 44.4 Å². The zero-order valence-electron chi connectivity index (χ0n) is 12.3. The Morgan fingerprint density at radius 1 is 1.39 bits per heavy atom. The molecule has 0 spiro atoms. The minimum Gasteiger partial charge on any atom is -0.352 e. The number of likely N-dealkylation sites (tertiary alicyclic amines) is 1. The molecule has 0 saturated carbocycles. The number of nitrogens with zero attached hydrogens (tertiary/aromatic N) is 1. The number of carbonyl (C=O) groups excluding carboxylic acids is 1. The molecular weight excluding hydrogens is 226 g/mol. The van der Waals surface area contributed by atoms with Crippen LogP contribution in [-0.2, 0) is 4.79 Å². The van der Waals surface area contributed by atoms with Gasteiger partial charge in [0.15, 0.2) is 0 Å². The average molecular weight is 255 g/mol. The van der Waals surface area contributed by atoms with Crippen LogP contribution in [-0.4, -0.2) is 49.1 Å². The Morgan fingerprint density at radius 2 is 2.11 bits per heavy atom. The third kappa shape index (κ3) is 4.94. The minimum atomic E-state index is -0.102. The van der Waals surface area contributed by atoms with Crippen LogP contribution >= 0.6 is 0 Å².